The molecule has 0 aliphatic heterocycles. The summed E-state index contributed by atoms with van der Waals surface area (Å²) in [4.78, 5) is 0. The number of hydrogen-bond acceptors (Lipinski definition) is 3. The molecule has 0 bridgehead atoms. The van der Waals surface area contributed by atoms with Crippen LogP contribution in [0.1, 0.15) is 49.1 Å². The van der Waals surface area contributed by atoms with Crippen molar-refractivity contribution in [1.29, 1.82) is 0 Å². The first-order valence-corrected chi connectivity index (χ1v) is 7.68. The van der Waals surface area contributed by atoms with Gasteiger partial charge in [0.1, 0.15) is 5.75 Å². The molecule has 1 atom stereocenters. The molecule has 0 aliphatic carbocycles. The Hall–Kier alpha value is -1.84. The average molecular weight is 287 g/mol. The van der Waals surface area contributed by atoms with E-state index in [0.29, 0.717) is 12.5 Å². The lowest BCUT2D eigenvalue weighted by Crippen LogP contribution is -2.04. The Balaban J connectivity index is 2.18. The predicted octanol–water partition coefficient (Wildman–Crippen LogP) is 3.66. The van der Waals surface area contributed by atoms with E-state index in [1.807, 2.05) is 17.8 Å². The lowest BCUT2D eigenvalue weighted by molar-refractivity contribution is 0.337. The summed E-state index contributed by atoms with van der Waals surface area (Å²) in [6.07, 6.45) is 2.95. The Labute approximate surface area is 127 Å². The SMILES string of the molecule is CCOc1cc(C)c(C(C)Cc2cn(CC)nn2)cc1C. The highest BCUT2D eigenvalue weighted by Crippen LogP contribution is 2.29. The van der Waals surface area contributed by atoms with E-state index >= 15 is 0 Å². The van der Waals surface area contributed by atoms with Crippen molar-refractivity contribution in [3.05, 3.63) is 40.7 Å². The fraction of sp³-hybridized carbons (Fsp3) is 0.529. The van der Waals surface area contributed by atoms with Gasteiger partial charge in [0, 0.05) is 12.7 Å². The first kappa shape index (κ1) is 15.5. The summed E-state index contributed by atoms with van der Waals surface area (Å²) in [6.45, 7) is 12.2. The maximum atomic E-state index is 5.66. The van der Waals surface area contributed by atoms with Crippen molar-refractivity contribution in [2.45, 2.75) is 53.5 Å². The van der Waals surface area contributed by atoms with Crippen molar-refractivity contribution in [2.24, 2.45) is 0 Å². The van der Waals surface area contributed by atoms with Gasteiger partial charge in [0.25, 0.3) is 0 Å². The fourth-order valence-electron chi connectivity index (χ4n) is 2.66. The standard InChI is InChI=1S/C17H25N3O/c1-6-20-11-15(18-19-20)8-12(3)16-9-14(5)17(21-7-2)10-13(16)4/h9-12H,6-8H2,1-5H3. The third kappa shape index (κ3) is 3.63. The van der Waals surface area contributed by atoms with Crippen LogP contribution in [0.25, 0.3) is 0 Å². The zero-order valence-corrected chi connectivity index (χ0v) is 13.7. The Morgan fingerprint density at radius 1 is 1.19 bits per heavy atom. The molecule has 2 rings (SSSR count). The Bertz CT molecular complexity index is 604. The predicted molar refractivity (Wildman–Crippen MR) is 84.9 cm³/mol. The van der Waals surface area contributed by atoms with Gasteiger partial charge in [-0.05, 0) is 62.8 Å². The number of rotatable bonds is 6. The molecule has 0 aliphatic rings. The molecule has 0 saturated heterocycles. The van der Waals surface area contributed by atoms with Crippen LogP contribution in [0, 0.1) is 13.8 Å². The second kappa shape index (κ2) is 6.74. The van der Waals surface area contributed by atoms with Gasteiger partial charge >= 0.3 is 0 Å². The normalized spacial score (nSPS) is 12.4. The topological polar surface area (TPSA) is 39.9 Å². The zero-order chi connectivity index (χ0) is 15.4. The lowest BCUT2D eigenvalue weighted by Gasteiger charge is -2.17. The molecule has 1 unspecified atom stereocenters. The monoisotopic (exact) mass is 287 g/mol. The molecule has 1 aromatic heterocycles. The van der Waals surface area contributed by atoms with E-state index < -0.39 is 0 Å². The average Bonchev–Trinajstić information content (AvgIpc) is 2.90. The molecule has 1 heterocycles. The first-order chi connectivity index (χ1) is 10.0. The van der Waals surface area contributed by atoms with Crippen LogP contribution in [0.5, 0.6) is 5.75 Å². The molecule has 0 saturated carbocycles. The molecular formula is C17H25N3O. The molecule has 0 fully saturated rings. The molecule has 4 nitrogen and oxygen atoms in total. The zero-order valence-electron chi connectivity index (χ0n) is 13.7. The van der Waals surface area contributed by atoms with Gasteiger partial charge in [-0.25, -0.2) is 0 Å². The fourth-order valence-corrected chi connectivity index (χ4v) is 2.66. The highest BCUT2D eigenvalue weighted by Gasteiger charge is 2.14. The summed E-state index contributed by atoms with van der Waals surface area (Å²) in [7, 11) is 0. The Morgan fingerprint density at radius 3 is 2.57 bits per heavy atom. The summed E-state index contributed by atoms with van der Waals surface area (Å²) in [5.74, 6) is 1.41. The quantitative estimate of drug-likeness (QED) is 0.814. The lowest BCUT2D eigenvalue weighted by atomic mass is 9.91. The minimum atomic E-state index is 0.418. The number of aromatic nitrogens is 3. The van der Waals surface area contributed by atoms with E-state index in [0.717, 1.165) is 24.4 Å². The number of aryl methyl sites for hydroxylation is 3. The van der Waals surface area contributed by atoms with Crippen molar-refractivity contribution >= 4 is 0 Å². The van der Waals surface area contributed by atoms with Crippen LogP contribution in [0.3, 0.4) is 0 Å². The van der Waals surface area contributed by atoms with Crippen LogP contribution in [0.4, 0.5) is 0 Å². The van der Waals surface area contributed by atoms with Crippen LogP contribution in [0.2, 0.25) is 0 Å². The smallest absolute Gasteiger partial charge is 0.122 e. The van der Waals surface area contributed by atoms with Gasteiger partial charge in [0.05, 0.1) is 12.3 Å². The molecule has 4 heteroatoms. The molecule has 0 spiro atoms. The highest BCUT2D eigenvalue weighted by atomic mass is 16.5. The van der Waals surface area contributed by atoms with Gasteiger partial charge in [-0.2, -0.15) is 0 Å². The molecule has 1 aromatic carbocycles. The third-order valence-electron chi connectivity index (χ3n) is 3.82. The molecule has 0 N–H and O–H groups in total. The molecule has 114 valence electrons. The van der Waals surface area contributed by atoms with E-state index in [9.17, 15) is 0 Å². The van der Waals surface area contributed by atoms with E-state index in [2.05, 4.69) is 50.1 Å². The Kier molecular flexibility index (Phi) is 4.99. The van der Waals surface area contributed by atoms with Crippen LogP contribution < -0.4 is 4.74 Å². The molecule has 21 heavy (non-hydrogen) atoms. The molecular weight excluding hydrogens is 262 g/mol. The van der Waals surface area contributed by atoms with E-state index in [1.165, 1.54) is 16.7 Å². The van der Waals surface area contributed by atoms with Crippen LogP contribution in [-0.2, 0) is 13.0 Å². The molecule has 2 aromatic rings. The van der Waals surface area contributed by atoms with Gasteiger partial charge in [0.15, 0.2) is 0 Å². The summed E-state index contributed by atoms with van der Waals surface area (Å²) in [5.41, 5.74) is 4.89. The minimum absolute atomic E-state index is 0.418. The summed E-state index contributed by atoms with van der Waals surface area (Å²) in [6, 6.07) is 4.39. The minimum Gasteiger partial charge on any atom is -0.494 e. The van der Waals surface area contributed by atoms with Gasteiger partial charge in [-0.3, -0.25) is 4.68 Å². The van der Waals surface area contributed by atoms with Crippen LogP contribution >= 0.6 is 0 Å². The first-order valence-electron chi connectivity index (χ1n) is 7.68. The number of hydrogen-bond donors (Lipinski definition) is 0. The number of nitrogens with zero attached hydrogens (tertiary/aromatic N) is 3. The van der Waals surface area contributed by atoms with Crippen molar-refractivity contribution in [3.63, 3.8) is 0 Å². The second-order valence-corrected chi connectivity index (χ2v) is 5.58. The van der Waals surface area contributed by atoms with E-state index in [1.54, 1.807) is 0 Å². The van der Waals surface area contributed by atoms with Crippen molar-refractivity contribution < 1.29 is 4.74 Å². The van der Waals surface area contributed by atoms with Gasteiger partial charge in [-0.1, -0.05) is 18.2 Å². The highest BCUT2D eigenvalue weighted by molar-refractivity contribution is 5.43. The van der Waals surface area contributed by atoms with Crippen LogP contribution in [0.15, 0.2) is 18.3 Å². The van der Waals surface area contributed by atoms with Gasteiger partial charge in [0.2, 0.25) is 0 Å². The van der Waals surface area contributed by atoms with Crippen molar-refractivity contribution in [2.75, 3.05) is 6.61 Å². The second-order valence-electron chi connectivity index (χ2n) is 5.58. The number of ether oxygens (including phenoxy) is 1. The third-order valence-corrected chi connectivity index (χ3v) is 3.82. The van der Waals surface area contributed by atoms with E-state index in [4.69, 9.17) is 4.74 Å². The van der Waals surface area contributed by atoms with E-state index in [-0.39, 0.29) is 0 Å². The van der Waals surface area contributed by atoms with Crippen molar-refractivity contribution in [1.82, 2.24) is 15.0 Å². The maximum absolute atomic E-state index is 5.66. The summed E-state index contributed by atoms with van der Waals surface area (Å²) in [5, 5.41) is 8.35. The summed E-state index contributed by atoms with van der Waals surface area (Å²) < 4.78 is 7.54. The summed E-state index contributed by atoms with van der Waals surface area (Å²) >= 11 is 0. The van der Waals surface area contributed by atoms with Gasteiger partial charge in [-0.15, -0.1) is 5.10 Å². The molecule has 0 radical (unpaired) electrons. The van der Waals surface area contributed by atoms with Gasteiger partial charge < -0.3 is 4.74 Å². The Morgan fingerprint density at radius 2 is 1.95 bits per heavy atom. The molecule has 0 amide bonds. The maximum Gasteiger partial charge on any atom is 0.122 e. The number of benzene rings is 1. The largest absolute Gasteiger partial charge is 0.494 e. The van der Waals surface area contributed by atoms with Crippen LogP contribution in [-0.4, -0.2) is 21.6 Å². The van der Waals surface area contributed by atoms with Crippen molar-refractivity contribution in [3.8, 4) is 5.75 Å².